The lowest BCUT2D eigenvalue weighted by atomic mass is 10.2. The Balaban J connectivity index is 1.69. The summed E-state index contributed by atoms with van der Waals surface area (Å²) < 4.78 is 0. The molecule has 0 fully saturated rings. The predicted molar refractivity (Wildman–Crippen MR) is 78.9 cm³/mol. The number of aromatic nitrogens is 3. The van der Waals surface area contributed by atoms with Crippen LogP contribution in [0, 0.1) is 0 Å². The largest absolute Gasteiger partial charge is 0.365 e. The first-order chi connectivity index (χ1) is 9.76. The van der Waals surface area contributed by atoms with Gasteiger partial charge >= 0.3 is 0 Å². The van der Waals surface area contributed by atoms with Gasteiger partial charge in [0, 0.05) is 18.0 Å². The second-order valence-corrected chi connectivity index (χ2v) is 5.07. The first-order valence-electron chi connectivity index (χ1n) is 6.10. The van der Waals surface area contributed by atoms with E-state index in [-0.39, 0.29) is 5.91 Å². The Bertz CT molecular complexity index is 748. The highest BCUT2D eigenvalue weighted by atomic mass is 32.1. The molecule has 1 aromatic carbocycles. The number of benzene rings is 1. The van der Waals surface area contributed by atoms with E-state index in [0.29, 0.717) is 12.1 Å². The number of amides is 1. The molecule has 2 heterocycles. The number of nitrogens with zero attached hydrogens (tertiary/aromatic N) is 2. The number of H-pyrrole nitrogens is 1. The van der Waals surface area contributed by atoms with Crippen LogP contribution in [0.15, 0.2) is 29.9 Å². The van der Waals surface area contributed by atoms with Crippen LogP contribution >= 0.6 is 11.3 Å². The van der Waals surface area contributed by atoms with Crippen LogP contribution in [0.3, 0.4) is 0 Å². The third-order valence-electron chi connectivity index (χ3n) is 2.88. The van der Waals surface area contributed by atoms with Crippen molar-refractivity contribution >= 4 is 33.4 Å². The third kappa shape index (κ3) is 2.48. The van der Waals surface area contributed by atoms with Gasteiger partial charge in [0.25, 0.3) is 5.91 Å². The van der Waals surface area contributed by atoms with Gasteiger partial charge in [0.05, 0.1) is 29.6 Å². The molecule has 1 amide bonds. The van der Waals surface area contributed by atoms with E-state index in [1.54, 1.807) is 18.5 Å². The van der Waals surface area contributed by atoms with Crippen molar-refractivity contribution < 1.29 is 4.79 Å². The van der Waals surface area contributed by atoms with E-state index in [1.165, 1.54) is 11.3 Å². The molecule has 0 bridgehead atoms. The van der Waals surface area contributed by atoms with Crippen molar-refractivity contribution in [3.63, 3.8) is 0 Å². The zero-order chi connectivity index (χ0) is 13.9. The molecule has 0 saturated heterocycles. The minimum atomic E-state index is -0.125. The Morgan fingerprint density at radius 3 is 3.15 bits per heavy atom. The van der Waals surface area contributed by atoms with Gasteiger partial charge in [-0.3, -0.25) is 4.79 Å². The van der Waals surface area contributed by atoms with Crippen LogP contribution in [-0.4, -0.2) is 27.9 Å². The van der Waals surface area contributed by atoms with Crippen molar-refractivity contribution in [1.29, 1.82) is 0 Å². The van der Waals surface area contributed by atoms with Crippen molar-refractivity contribution in [2.45, 2.75) is 6.54 Å². The molecule has 0 unspecified atom stereocenters. The number of hydrogen-bond acceptors (Lipinski definition) is 5. The SMILES string of the molecule is CNc1nc(CNC(=O)c2ccc3nc[nH]c3c2)cs1. The minimum absolute atomic E-state index is 0.125. The zero-order valence-corrected chi connectivity index (χ0v) is 11.6. The highest BCUT2D eigenvalue weighted by Gasteiger charge is 2.08. The number of anilines is 1. The number of nitrogens with one attached hydrogen (secondary N) is 3. The Morgan fingerprint density at radius 2 is 2.35 bits per heavy atom. The van der Waals surface area contributed by atoms with Gasteiger partial charge in [-0.1, -0.05) is 0 Å². The maximum absolute atomic E-state index is 12.1. The Kier molecular flexibility index (Phi) is 3.34. The van der Waals surface area contributed by atoms with Gasteiger partial charge in [0.15, 0.2) is 5.13 Å². The summed E-state index contributed by atoms with van der Waals surface area (Å²) in [4.78, 5) is 23.5. The van der Waals surface area contributed by atoms with Gasteiger partial charge in [-0.2, -0.15) is 0 Å². The molecule has 0 saturated carbocycles. The summed E-state index contributed by atoms with van der Waals surface area (Å²) in [5.41, 5.74) is 3.14. The van der Waals surface area contributed by atoms with Crippen LogP contribution in [-0.2, 0) is 6.54 Å². The average molecular weight is 287 g/mol. The smallest absolute Gasteiger partial charge is 0.251 e. The maximum Gasteiger partial charge on any atom is 0.251 e. The summed E-state index contributed by atoms with van der Waals surface area (Å²) in [6.07, 6.45) is 1.61. The van der Waals surface area contributed by atoms with Crippen LogP contribution in [0.2, 0.25) is 0 Å². The average Bonchev–Trinajstić information content (AvgIpc) is 3.12. The third-order valence-corrected chi connectivity index (χ3v) is 3.79. The van der Waals surface area contributed by atoms with E-state index in [1.807, 2.05) is 18.5 Å². The molecule has 3 aromatic rings. The van der Waals surface area contributed by atoms with Gasteiger partial charge in [0.2, 0.25) is 0 Å². The number of carbonyl (C=O) groups excluding carboxylic acids is 1. The van der Waals surface area contributed by atoms with Crippen molar-refractivity contribution in [1.82, 2.24) is 20.3 Å². The number of fused-ring (bicyclic) bond motifs is 1. The number of aromatic amines is 1. The minimum Gasteiger partial charge on any atom is -0.365 e. The molecule has 3 N–H and O–H groups in total. The first kappa shape index (κ1) is 12.6. The zero-order valence-electron chi connectivity index (χ0n) is 10.8. The second-order valence-electron chi connectivity index (χ2n) is 4.21. The predicted octanol–water partition coefficient (Wildman–Crippen LogP) is 1.99. The van der Waals surface area contributed by atoms with Crippen molar-refractivity contribution in [3.05, 3.63) is 41.2 Å². The number of rotatable bonds is 4. The summed E-state index contributed by atoms with van der Waals surface area (Å²) in [7, 11) is 1.82. The standard InChI is InChI=1S/C13H13N5OS/c1-14-13-18-9(6-20-13)5-15-12(19)8-2-3-10-11(4-8)17-7-16-10/h2-4,6-7H,5H2,1H3,(H,14,18)(H,15,19)(H,16,17). The van der Waals surface area contributed by atoms with E-state index in [0.717, 1.165) is 21.9 Å². The Hall–Kier alpha value is -2.41. The van der Waals surface area contributed by atoms with Crippen molar-refractivity contribution in [3.8, 4) is 0 Å². The molecular formula is C13H13N5OS. The molecule has 0 aliphatic rings. The Labute approximate surface area is 119 Å². The Morgan fingerprint density at radius 1 is 1.45 bits per heavy atom. The normalized spacial score (nSPS) is 10.7. The molecular weight excluding hydrogens is 274 g/mol. The van der Waals surface area contributed by atoms with E-state index in [9.17, 15) is 4.79 Å². The number of imidazole rings is 1. The quantitative estimate of drug-likeness (QED) is 0.685. The fraction of sp³-hybridized carbons (Fsp3) is 0.154. The molecule has 0 atom stereocenters. The number of carbonyl (C=O) groups is 1. The van der Waals surface area contributed by atoms with Gasteiger partial charge in [0.1, 0.15) is 0 Å². The molecule has 2 aromatic heterocycles. The van der Waals surface area contributed by atoms with Gasteiger partial charge in [-0.15, -0.1) is 11.3 Å². The molecule has 6 nitrogen and oxygen atoms in total. The monoisotopic (exact) mass is 287 g/mol. The maximum atomic E-state index is 12.1. The van der Waals surface area contributed by atoms with Crippen LogP contribution < -0.4 is 10.6 Å². The van der Waals surface area contributed by atoms with Crippen molar-refractivity contribution in [2.75, 3.05) is 12.4 Å². The van der Waals surface area contributed by atoms with Crippen LogP contribution in [0.5, 0.6) is 0 Å². The van der Waals surface area contributed by atoms with Gasteiger partial charge < -0.3 is 15.6 Å². The van der Waals surface area contributed by atoms with Gasteiger partial charge in [-0.05, 0) is 18.2 Å². The van der Waals surface area contributed by atoms with Crippen LogP contribution in [0.1, 0.15) is 16.1 Å². The fourth-order valence-electron chi connectivity index (χ4n) is 1.85. The van der Waals surface area contributed by atoms with E-state index >= 15 is 0 Å². The highest BCUT2D eigenvalue weighted by molar-refractivity contribution is 7.13. The van der Waals surface area contributed by atoms with E-state index in [4.69, 9.17) is 0 Å². The lowest BCUT2D eigenvalue weighted by molar-refractivity contribution is 0.0950. The molecule has 0 aliphatic heterocycles. The number of thiazole rings is 1. The van der Waals surface area contributed by atoms with Crippen LogP contribution in [0.4, 0.5) is 5.13 Å². The van der Waals surface area contributed by atoms with E-state index in [2.05, 4.69) is 25.6 Å². The molecule has 0 radical (unpaired) electrons. The summed E-state index contributed by atoms with van der Waals surface area (Å²) in [5.74, 6) is -0.125. The molecule has 102 valence electrons. The topological polar surface area (TPSA) is 82.7 Å². The molecule has 7 heteroatoms. The summed E-state index contributed by atoms with van der Waals surface area (Å²) in [5, 5.41) is 8.58. The lowest BCUT2D eigenvalue weighted by Gasteiger charge is -2.03. The molecule has 0 spiro atoms. The number of hydrogen-bond donors (Lipinski definition) is 3. The van der Waals surface area contributed by atoms with Gasteiger partial charge in [-0.25, -0.2) is 9.97 Å². The second kappa shape index (κ2) is 5.30. The summed E-state index contributed by atoms with van der Waals surface area (Å²) >= 11 is 1.51. The summed E-state index contributed by atoms with van der Waals surface area (Å²) in [6.45, 7) is 0.415. The van der Waals surface area contributed by atoms with Crippen LogP contribution in [0.25, 0.3) is 11.0 Å². The molecule has 3 rings (SSSR count). The lowest BCUT2D eigenvalue weighted by Crippen LogP contribution is -2.22. The first-order valence-corrected chi connectivity index (χ1v) is 6.98. The fourth-order valence-corrected chi connectivity index (χ4v) is 2.52. The molecule has 0 aliphatic carbocycles. The highest BCUT2D eigenvalue weighted by Crippen LogP contribution is 2.15. The summed E-state index contributed by atoms with van der Waals surface area (Å²) in [6, 6.07) is 5.37. The molecule has 20 heavy (non-hydrogen) atoms. The van der Waals surface area contributed by atoms with E-state index < -0.39 is 0 Å². The van der Waals surface area contributed by atoms with Crippen molar-refractivity contribution in [2.24, 2.45) is 0 Å².